The van der Waals surface area contributed by atoms with Crippen molar-refractivity contribution < 1.29 is 14.3 Å². The molecule has 4 heteroatoms. The second-order valence-corrected chi connectivity index (χ2v) is 4.15. The number of esters is 1. The third-order valence-corrected chi connectivity index (χ3v) is 2.65. The summed E-state index contributed by atoms with van der Waals surface area (Å²) < 4.78 is 4.08. The van der Waals surface area contributed by atoms with E-state index < -0.39 is 12.0 Å². The molecule has 0 aromatic carbocycles. The predicted molar refractivity (Wildman–Crippen MR) is 69.4 cm³/mol. The van der Waals surface area contributed by atoms with Gasteiger partial charge in [0.15, 0.2) is 0 Å². The van der Waals surface area contributed by atoms with Crippen LogP contribution in [0.2, 0.25) is 0 Å². The van der Waals surface area contributed by atoms with Crippen molar-refractivity contribution in [3.63, 3.8) is 0 Å². The molecule has 2 N–H and O–H groups in total. The van der Waals surface area contributed by atoms with E-state index >= 15 is 0 Å². The van der Waals surface area contributed by atoms with E-state index in [9.17, 15) is 9.59 Å². The molecular weight excluding hydrogens is 218 g/mol. The Morgan fingerprint density at radius 3 is 2.00 bits per heavy atom. The summed E-state index contributed by atoms with van der Waals surface area (Å²) in [5, 5.41) is 0. The van der Waals surface area contributed by atoms with Gasteiger partial charge in [0.05, 0.1) is 0 Å². The van der Waals surface area contributed by atoms with E-state index in [-0.39, 0.29) is 12.4 Å². The Labute approximate surface area is 105 Å². The fourth-order valence-electron chi connectivity index (χ4n) is 1.11. The number of nitrogens with two attached hydrogens (primary N) is 1. The SMILES string of the molecule is CCC(C)C(N)C(=O)OC=O.CCCCCC. The van der Waals surface area contributed by atoms with Gasteiger partial charge in [-0.25, -0.2) is 4.79 Å². The Morgan fingerprint density at radius 1 is 1.24 bits per heavy atom. The first-order valence-corrected chi connectivity index (χ1v) is 6.44. The highest BCUT2D eigenvalue weighted by molar-refractivity contribution is 5.81. The largest absolute Gasteiger partial charge is 0.394 e. The Morgan fingerprint density at radius 2 is 1.71 bits per heavy atom. The van der Waals surface area contributed by atoms with E-state index in [4.69, 9.17) is 5.73 Å². The second-order valence-electron chi connectivity index (χ2n) is 4.15. The van der Waals surface area contributed by atoms with Gasteiger partial charge in [0, 0.05) is 0 Å². The monoisotopic (exact) mass is 245 g/mol. The first kappa shape index (κ1) is 18.5. The van der Waals surface area contributed by atoms with Crippen molar-refractivity contribution in [1.29, 1.82) is 0 Å². The first-order valence-electron chi connectivity index (χ1n) is 6.44. The molecule has 0 radical (unpaired) electrons. The molecule has 0 aliphatic heterocycles. The van der Waals surface area contributed by atoms with Gasteiger partial charge in [-0.15, -0.1) is 0 Å². The van der Waals surface area contributed by atoms with Gasteiger partial charge in [-0.2, -0.15) is 0 Å². The van der Waals surface area contributed by atoms with Crippen LogP contribution in [0.25, 0.3) is 0 Å². The van der Waals surface area contributed by atoms with Gasteiger partial charge in [-0.05, 0) is 5.92 Å². The number of hydrogen-bond acceptors (Lipinski definition) is 4. The average Bonchev–Trinajstić information content (AvgIpc) is 2.35. The standard InChI is InChI=1S/C7H13NO3.C6H14/c1-3-5(2)6(8)7(10)11-4-9;1-3-5-6-4-2/h4-6H,3,8H2,1-2H3;3-6H2,1-2H3. The summed E-state index contributed by atoms with van der Waals surface area (Å²) in [4.78, 5) is 20.5. The summed E-state index contributed by atoms with van der Waals surface area (Å²) in [7, 11) is 0. The normalized spacial score (nSPS) is 13.0. The van der Waals surface area contributed by atoms with E-state index in [2.05, 4.69) is 18.6 Å². The van der Waals surface area contributed by atoms with E-state index in [1.54, 1.807) is 0 Å². The summed E-state index contributed by atoms with van der Waals surface area (Å²) in [6.07, 6.45) is 6.32. The Bertz CT molecular complexity index is 191. The van der Waals surface area contributed by atoms with E-state index in [0.717, 1.165) is 6.42 Å². The highest BCUT2D eigenvalue weighted by atomic mass is 16.6. The van der Waals surface area contributed by atoms with Gasteiger partial charge in [0.2, 0.25) is 0 Å². The molecule has 0 rings (SSSR count). The average molecular weight is 245 g/mol. The lowest BCUT2D eigenvalue weighted by atomic mass is 10.0. The Kier molecular flexibility index (Phi) is 14.3. The minimum atomic E-state index is -0.690. The molecule has 0 fully saturated rings. The summed E-state index contributed by atoms with van der Waals surface area (Å²) in [5.74, 6) is -0.614. The zero-order valence-corrected chi connectivity index (χ0v) is 11.6. The lowest BCUT2D eigenvalue weighted by Gasteiger charge is -2.13. The molecule has 2 atom stereocenters. The minimum absolute atomic E-state index is 0.0439. The molecule has 0 heterocycles. The molecule has 0 saturated carbocycles. The lowest BCUT2D eigenvalue weighted by molar-refractivity contribution is -0.153. The van der Waals surface area contributed by atoms with Crippen molar-refractivity contribution in [2.24, 2.45) is 11.7 Å². The minimum Gasteiger partial charge on any atom is -0.394 e. The number of carbonyl (C=O) groups is 2. The summed E-state index contributed by atoms with van der Waals surface area (Å²) in [6, 6.07) is -0.690. The molecule has 4 nitrogen and oxygen atoms in total. The number of ether oxygens (including phenoxy) is 1. The molecule has 0 aromatic rings. The van der Waals surface area contributed by atoms with Gasteiger partial charge >= 0.3 is 12.4 Å². The summed E-state index contributed by atoms with van der Waals surface area (Å²) in [5.41, 5.74) is 5.42. The van der Waals surface area contributed by atoms with Crippen LogP contribution < -0.4 is 5.73 Å². The smallest absolute Gasteiger partial charge is 0.330 e. The van der Waals surface area contributed by atoms with Crippen LogP contribution in [0.4, 0.5) is 0 Å². The number of unbranched alkanes of at least 4 members (excludes halogenated alkanes) is 3. The van der Waals surface area contributed by atoms with Crippen LogP contribution in [0, 0.1) is 5.92 Å². The zero-order chi connectivity index (χ0) is 13.7. The van der Waals surface area contributed by atoms with Crippen LogP contribution >= 0.6 is 0 Å². The van der Waals surface area contributed by atoms with Gasteiger partial charge in [0.25, 0.3) is 0 Å². The highest BCUT2D eigenvalue weighted by Gasteiger charge is 2.20. The van der Waals surface area contributed by atoms with Crippen molar-refractivity contribution in [1.82, 2.24) is 0 Å². The van der Waals surface area contributed by atoms with Crippen molar-refractivity contribution >= 4 is 12.4 Å². The number of rotatable bonds is 7. The lowest BCUT2D eigenvalue weighted by Crippen LogP contribution is -2.37. The molecule has 0 aromatic heterocycles. The fraction of sp³-hybridized carbons (Fsp3) is 0.846. The van der Waals surface area contributed by atoms with E-state index in [1.165, 1.54) is 25.7 Å². The summed E-state index contributed by atoms with van der Waals surface area (Å²) in [6.45, 7) is 8.31. The van der Waals surface area contributed by atoms with Crippen LogP contribution in [-0.2, 0) is 14.3 Å². The van der Waals surface area contributed by atoms with Gasteiger partial charge in [-0.1, -0.05) is 59.8 Å². The Hall–Kier alpha value is -0.900. The third-order valence-electron chi connectivity index (χ3n) is 2.65. The molecule has 0 saturated heterocycles. The number of carbonyl (C=O) groups excluding carboxylic acids is 2. The van der Waals surface area contributed by atoms with Crippen LogP contribution in [0.5, 0.6) is 0 Å². The molecule has 2 unspecified atom stereocenters. The molecule has 17 heavy (non-hydrogen) atoms. The number of hydrogen-bond donors (Lipinski definition) is 1. The van der Waals surface area contributed by atoms with Crippen LogP contribution in [0.15, 0.2) is 0 Å². The van der Waals surface area contributed by atoms with Crippen molar-refractivity contribution in [2.75, 3.05) is 0 Å². The summed E-state index contributed by atoms with van der Waals surface area (Å²) >= 11 is 0. The topological polar surface area (TPSA) is 69.4 Å². The van der Waals surface area contributed by atoms with Crippen molar-refractivity contribution in [2.45, 2.75) is 65.8 Å². The molecule has 0 spiro atoms. The second kappa shape index (κ2) is 13.2. The first-order chi connectivity index (χ1) is 8.04. The zero-order valence-electron chi connectivity index (χ0n) is 11.6. The molecule has 102 valence electrons. The van der Waals surface area contributed by atoms with Crippen LogP contribution in [0.3, 0.4) is 0 Å². The molecule has 0 aliphatic rings. The maximum atomic E-state index is 10.8. The predicted octanol–water partition coefficient (Wildman–Crippen LogP) is 2.65. The highest BCUT2D eigenvalue weighted by Crippen LogP contribution is 2.05. The fourth-order valence-corrected chi connectivity index (χ4v) is 1.11. The van der Waals surface area contributed by atoms with Crippen molar-refractivity contribution in [3.8, 4) is 0 Å². The van der Waals surface area contributed by atoms with E-state index in [0.29, 0.717) is 0 Å². The van der Waals surface area contributed by atoms with Crippen molar-refractivity contribution in [3.05, 3.63) is 0 Å². The van der Waals surface area contributed by atoms with Crippen LogP contribution in [0.1, 0.15) is 59.8 Å². The molecule has 0 bridgehead atoms. The van der Waals surface area contributed by atoms with Crippen LogP contribution in [-0.4, -0.2) is 18.5 Å². The molecule has 0 amide bonds. The molecule has 0 aliphatic carbocycles. The maximum Gasteiger partial charge on any atom is 0.330 e. The molecular formula is C13H27NO3. The van der Waals surface area contributed by atoms with Gasteiger partial charge in [0.1, 0.15) is 6.04 Å². The van der Waals surface area contributed by atoms with Gasteiger partial charge < -0.3 is 10.5 Å². The Balaban J connectivity index is 0. The quantitative estimate of drug-likeness (QED) is 0.324. The maximum absolute atomic E-state index is 10.8. The third kappa shape index (κ3) is 11.4. The van der Waals surface area contributed by atoms with E-state index in [1.807, 2.05) is 13.8 Å². The van der Waals surface area contributed by atoms with Gasteiger partial charge in [-0.3, -0.25) is 4.79 Å².